The fourth-order valence-electron chi connectivity index (χ4n) is 1.11. The van der Waals surface area contributed by atoms with Crippen molar-refractivity contribution in [1.82, 2.24) is 15.0 Å². The Morgan fingerprint density at radius 1 is 1.13 bits per heavy atom. The molecule has 2 aromatic rings. The second-order valence-corrected chi connectivity index (χ2v) is 3.40. The molecule has 0 N–H and O–H groups in total. The van der Waals surface area contributed by atoms with E-state index in [1.807, 2.05) is 0 Å². The van der Waals surface area contributed by atoms with Gasteiger partial charge in [-0.1, -0.05) is 11.6 Å². The number of hydrogen-bond donors (Lipinski definition) is 0. The highest BCUT2D eigenvalue weighted by Gasteiger charge is 2.04. The maximum atomic E-state index is 13.2. The summed E-state index contributed by atoms with van der Waals surface area (Å²) in [6, 6.07) is 1.38. The fourth-order valence-corrected chi connectivity index (χ4v) is 1.21. The molecule has 0 spiro atoms. The van der Waals surface area contributed by atoms with Gasteiger partial charge in [0.15, 0.2) is 0 Å². The second kappa shape index (κ2) is 3.90. The normalized spacial score (nSPS) is 10.3. The van der Waals surface area contributed by atoms with Gasteiger partial charge in [0.25, 0.3) is 0 Å². The first-order valence-corrected chi connectivity index (χ1v) is 4.64. The van der Waals surface area contributed by atoms with Gasteiger partial charge in [-0.2, -0.15) is 0 Å². The van der Waals surface area contributed by atoms with E-state index in [0.29, 0.717) is 22.1 Å². The van der Waals surface area contributed by atoms with Gasteiger partial charge in [-0.15, -0.1) is 0 Å². The summed E-state index contributed by atoms with van der Waals surface area (Å²) in [5, 5.41) is 0.305. The molecular weight excluding hydrogens is 217 g/mol. The molecule has 3 nitrogen and oxygen atoms in total. The van der Waals surface area contributed by atoms with E-state index in [1.165, 1.54) is 18.5 Å². The van der Waals surface area contributed by atoms with Crippen LogP contribution in [-0.2, 0) is 0 Å². The Kier molecular flexibility index (Phi) is 2.60. The lowest BCUT2D eigenvalue weighted by molar-refractivity contribution is 0.610. The minimum absolute atomic E-state index is 0.305. The first-order valence-electron chi connectivity index (χ1n) is 4.27. The third kappa shape index (κ3) is 2.10. The van der Waals surface area contributed by atoms with Crippen molar-refractivity contribution in [2.24, 2.45) is 0 Å². The Labute approximate surface area is 91.0 Å². The van der Waals surface area contributed by atoms with Gasteiger partial charge in [0, 0.05) is 11.8 Å². The number of hydrogen-bond acceptors (Lipinski definition) is 3. The number of rotatable bonds is 1. The van der Waals surface area contributed by atoms with Crippen molar-refractivity contribution >= 4 is 11.6 Å². The van der Waals surface area contributed by atoms with Crippen LogP contribution in [0.1, 0.15) is 5.69 Å². The Hall–Kier alpha value is -1.55. The first kappa shape index (κ1) is 9.98. The fraction of sp³-hybridized carbons (Fsp3) is 0.100. The van der Waals surface area contributed by atoms with Crippen LogP contribution in [0.3, 0.4) is 0 Å². The molecule has 0 aliphatic rings. The van der Waals surface area contributed by atoms with E-state index in [9.17, 15) is 4.39 Å². The van der Waals surface area contributed by atoms with Crippen molar-refractivity contribution in [2.45, 2.75) is 6.92 Å². The molecule has 0 bridgehead atoms. The maximum Gasteiger partial charge on any atom is 0.147 e. The molecule has 2 rings (SSSR count). The van der Waals surface area contributed by atoms with Crippen molar-refractivity contribution in [2.75, 3.05) is 0 Å². The molecule has 0 fully saturated rings. The van der Waals surface area contributed by atoms with Crippen LogP contribution in [0, 0.1) is 12.7 Å². The quantitative estimate of drug-likeness (QED) is 0.746. The molecule has 0 aliphatic heterocycles. The Balaban J connectivity index is 2.45. The highest BCUT2D eigenvalue weighted by atomic mass is 35.5. The van der Waals surface area contributed by atoms with E-state index in [4.69, 9.17) is 11.6 Å². The van der Waals surface area contributed by atoms with Gasteiger partial charge in [-0.3, -0.25) is 9.97 Å². The van der Waals surface area contributed by atoms with Crippen molar-refractivity contribution < 1.29 is 4.39 Å². The third-order valence-corrected chi connectivity index (χ3v) is 2.14. The van der Waals surface area contributed by atoms with Gasteiger partial charge < -0.3 is 0 Å². The van der Waals surface area contributed by atoms with Crippen LogP contribution < -0.4 is 0 Å². The standard InChI is InChI=1S/C10H7ClFN3/c1-6-8(12)2-7(3-13-6)9-4-15-10(11)5-14-9/h2-5H,1H3. The van der Waals surface area contributed by atoms with Crippen LogP contribution >= 0.6 is 11.6 Å². The number of nitrogens with zero attached hydrogens (tertiary/aromatic N) is 3. The van der Waals surface area contributed by atoms with Crippen molar-refractivity contribution in [1.29, 1.82) is 0 Å². The van der Waals surface area contributed by atoms with Crippen LogP contribution in [0.15, 0.2) is 24.7 Å². The van der Waals surface area contributed by atoms with E-state index in [-0.39, 0.29) is 5.82 Å². The Bertz CT molecular complexity index is 485. The van der Waals surface area contributed by atoms with E-state index in [2.05, 4.69) is 15.0 Å². The lowest BCUT2D eigenvalue weighted by Gasteiger charge is -2.01. The van der Waals surface area contributed by atoms with Crippen molar-refractivity contribution in [3.05, 3.63) is 41.3 Å². The predicted octanol–water partition coefficient (Wildman–Crippen LogP) is 2.64. The van der Waals surface area contributed by atoms with Gasteiger partial charge in [0.1, 0.15) is 11.0 Å². The van der Waals surface area contributed by atoms with E-state index in [0.717, 1.165) is 0 Å². The third-order valence-electron chi connectivity index (χ3n) is 1.94. The van der Waals surface area contributed by atoms with Gasteiger partial charge in [-0.05, 0) is 13.0 Å². The summed E-state index contributed by atoms with van der Waals surface area (Å²) in [5.41, 5.74) is 1.49. The minimum Gasteiger partial charge on any atom is -0.258 e. The van der Waals surface area contributed by atoms with Crippen LogP contribution in [0.4, 0.5) is 4.39 Å². The summed E-state index contributed by atoms with van der Waals surface area (Å²) < 4.78 is 13.2. The average molecular weight is 224 g/mol. The molecule has 5 heteroatoms. The summed E-state index contributed by atoms with van der Waals surface area (Å²) in [4.78, 5) is 11.8. The smallest absolute Gasteiger partial charge is 0.147 e. The van der Waals surface area contributed by atoms with Crippen molar-refractivity contribution in [3.8, 4) is 11.3 Å². The number of halogens is 2. The molecule has 0 aromatic carbocycles. The lowest BCUT2D eigenvalue weighted by atomic mass is 10.2. The van der Waals surface area contributed by atoms with Gasteiger partial charge >= 0.3 is 0 Å². The molecule has 0 saturated heterocycles. The van der Waals surface area contributed by atoms with Crippen LogP contribution in [-0.4, -0.2) is 15.0 Å². The van der Waals surface area contributed by atoms with Crippen LogP contribution in [0.5, 0.6) is 0 Å². The van der Waals surface area contributed by atoms with Crippen LogP contribution in [0.25, 0.3) is 11.3 Å². The SMILES string of the molecule is Cc1ncc(-c2cnc(Cl)cn2)cc1F. The molecule has 0 amide bonds. The summed E-state index contributed by atoms with van der Waals surface area (Å²) in [6.07, 6.45) is 4.44. The molecule has 0 saturated carbocycles. The lowest BCUT2D eigenvalue weighted by Crippen LogP contribution is -1.91. The van der Waals surface area contributed by atoms with Crippen LogP contribution in [0.2, 0.25) is 5.15 Å². The average Bonchev–Trinajstić information content (AvgIpc) is 2.23. The highest BCUT2D eigenvalue weighted by Crippen LogP contribution is 2.17. The number of aryl methyl sites for hydroxylation is 1. The van der Waals surface area contributed by atoms with Gasteiger partial charge in [0.2, 0.25) is 0 Å². The van der Waals surface area contributed by atoms with E-state index >= 15 is 0 Å². The first-order chi connectivity index (χ1) is 7.16. The number of aromatic nitrogens is 3. The molecule has 2 aromatic heterocycles. The predicted molar refractivity (Wildman–Crippen MR) is 55.0 cm³/mol. The molecular formula is C10H7ClFN3. The molecule has 76 valence electrons. The zero-order valence-electron chi connectivity index (χ0n) is 7.91. The molecule has 15 heavy (non-hydrogen) atoms. The minimum atomic E-state index is -0.357. The van der Waals surface area contributed by atoms with Gasteiger partial charge in [-0.25, -0.2) is 9.37 Å². The Morgan fingerprint density at radius 3 is 2.53 bits per heavy atom. The topological polar surface area (TPSA) is 38.7 Å². The second-order valence-electron chi connectivity index (χ2n) is 3.02. The number of pyridine rings is 1. The van der Waals surface area contributed by atoms with E-state index in [1.54, 1.807) is 13.1 Å². The molecule has 0 aliphatic carbocycles. The van der Waals surface area contributed by atoms with E-state index < -0.39 is 0 Å². The van der Waals surface area contributed by atoms with Gasteiger partial charge in [0.05, 0.1) is 23.8 Å². The summed E-state index contributed by atoms with van der Waals surface area (Å²) >= 11 is 5.59. The molecule has 0 unspecified atom stereocenters. The Morgan fingerprint density at radius 2 is 1.93 bits per heavy atom. The maximum absolute atomic E-state index is 13.2. The largest absolute Gasteiger partial charge is 0.258 e. The zero-order valence-corrected chi connectivity index (χ0v) is 8.66. The monoisotopic (exact) mass is 223 g/mol. The molecule has 0 atom stereocenters. The highest BCUT2D eigenvalue weighted by molar-refractivity contribution is 6.29. The van der Waals surface area contributed by atoms with Crippen molar-refractivity contribution in [3.63, 3.8) is 0 Å². The molecule has 2 heterocycles. The summed E-state index contributed by atoms with van der Waals surface area (Å²) in [6.45, 7) is 1.60. The summed E-state index contributed by atoms with van der Waals surface area (Å²) in [5.74, 6) is -0.357. The summed E-state index contributed by atoms with van der Waals surface area (Å²) in [7, 11) is 0. The molecule has 0 radical (unpaired) electrons. The zero-order chi connectivity index (χ0) is 10.8.